The van der Waals surface area contributed by atoms with Crippen molar-refractivity contribution in [1.29, 1.82) is 0 Å². The topological polar surface area (TPSA) is 43.2 Å². The minimum atomic E-state index is 0.213. The van der Waals surface area contributed by atoms with Crippen LogP contribution in [-0.2, 0) is 11.8 Å². The fourth-order valence-electron chi connectivity index (χ4n) is 2.43. The summed E-state index contributed by atoms with van der Waals surface area (Å²) in [5.74, 6) is 0.901. The van der Waals surface area contributed by atoms with E-state index in [2.05, 4.69) is 21.9 Å². The van der Waals surface area contributed by atoms with Crippen molar-refractivity contribution >= 4 is 28.5 Å². The molecule has 3 rings (SSSR count). The largest absolute Gasteiger partial charge is 0.377 e. The number of hydrogen-bond donors (Lipinski definition) is 0. The van der Waals surface area contributed by atoms with E-state index in [9.17, 15) is 0 Å². The van der Waals surface area contributed by atoms with Crippen LogP contribution in [0.15, 0.2) is 12.3 Å². The van der Waals surface area contributed by atoms with Gasteiger partial charge in [0.2, 0.25) is 0 Å². The molecular formula is C13H17ClN4O. The van der Waals surface area contributed by atoms with Gasteiger partial charge >= 0.3 is 0 Å². The van der Waals surface area contributed by atoms with E-state index in [1.807, 2.05) is 13.1 Å². The number of pyridine rings is 1. The van der Waals surface area contributed by atoms with Crippen molar-refractivity contribution in [3.63, 3.8) is 0 Å². The molecule has 102 valence electrons. The van der Waals surface area contributed by atoms with Crippen LogP contribution in [-0.4, -0.2) is 40.6 Å². The second-order valence-corrected chi connectivity index (χ2v) is 5.36. The Morgan fingerprint density at radius 1 is 1.47 bits per heavy atom. The van der Waals surface area contributed by atoms with Gasteiger partial charge in [-0.25, -0.2) is 4.98 Å². The molecule has 0 aromatic carbocycles. The molecule has 1 aliphatic heterocycles. The zero-order valence-electron chi connectivity index (χ0n) is 11.1. The summed E-state index contributed by atoms with van der Waals surface area (Å²) >= 11 is 6.32. The van der Waals surface area contributed by atoms with Crippen LogP contribution in [0, 0.1) is 0 Å². The number of aromatic nitrogens is 3. The van der Waals surface area contributed by atoms with Crippen LogP contribution >= 0.6 is 11.6 Å². The Morgan fingerprint density at radius 3 is 3.16 bits per heavy atom. The monoisotopic (exact) mass is 280 g/mol. The maximum Gasteiger partial charge on any atom is 0.161 e. The minimum Gasteiger partial charge on any atom is -0.377 e. The van der Waals surface area contributed by atoms with Crippen molar-refractivity contribution in [3.05, 3.63) is 17.3 Å². The third kappa shape index (κ3) is 2.40. The van der Waals surface area contributed by atoms with Crippen molar-refractivity contribution < 1.29 is 4.74 Å². The predicted octanol–water partition coefficient (Wildman–Crippen LogP) is 2.24. The normalized spacial score (nSPS) is 20.8. The molecule has 0 aliphatic carbocycles. The van der Waals surface area contributed by atoms with Gasteiger partial charge in [-0.1, -0.05) is 11.6 Å². The zero-order chi connectivity index (χ0) is 13.4. The molecule has 0 spiro atoms. The molecule has 0 amide bonds. The molecule has 5 nitrogen and oxygen atoms in total. The van der Waals surface area contributed by atoms with E-state index >= 15 is 0 Å². The van der Waals surface area contributed by atoms with Gasteiger partial charge < -0.3 is 9.64 Å². The number of fused-ring (bicyclic) bond motifs is 1. The maximum absolute atomic E-state index is 6.32. The number of aryl methyl sites for hydroxylation is 1. The summed E-state index contributed by atoms with van der Waals surface area (Å²) in [4.78, 5) is 6.91. The molecule has 1 atom stereocenters. The lowest BCUT2D eigenvalue weighted by molar-refractivity contribution is 0.0820. The van der Waals surface area contributed by atoms with E-state index in [4.69, 9.17) is 16.3 Å². The van der Waals surface area contributed by atoms with Crippen LogP contribution < -0.4 is 4.90 Å². The van der Waals surface area contributed by atoms with E-state index in [-0.39, 0.29) is 6.10 Å². The van der Waals surface area contributed by atoms with Crippen LogP contribution in [0.25, 0.3) is 11.0 Å². The van der Waals surface area contributed by atoms with Gasteiger partial charge in [-0.3, -0.25) is 4.68 Å². The quantitative estimate of drug-likeness (QED) is 0.803. The Morgan fingerprint density at radius 2 is 2.32 bits per heavy atom. The summed E-state index contributed by atoms with van der Waals surface area (Å²) in [6.07, 6.45) is 2.97. The van der Waals surface area contributed by atoms with Crippen LogP contribution in [0.2, 0.25) is 5.02 Å². The van der Waals surface area contributed by atoms with Gasteiger partial charge in [0.05, 0.1) is 22.7 Å². The summed E-state index contributed by atoms with van der Waals surface area (Å²) in [5.41, 5.74) is 0.820. The molecule has 1 unspecified atom stereocenters. The third-order valence-electron chi connectivity index (χ3n) is 3.42. The smallest absolute Gasteiger partial charge is 0.161 e. The van der Waals surface area contributed by atoms with E-state index in [1.54, 1.807) is 10.9 Å². The van der Waals surface area contributed by atoms with Crippen LogP contribution in [0.1, 0.15) is 13.3 Å². The standard InChI is InChI=1S/C13H17ClN4O/c1-9-8-18(4-3-5-19-9)12-6-11(14)10-7-15-17(2)13(10)16-12/h6-7,9H,3-5,8H2,1-2H3. The summed E-state index contributed by atoms with van der Waals surface area (Å²) in [6.45, 7) is 4.67. The SMILES string of the molecule is CC1CN(c2cc(Cl)c3cnn(C)c3n2)CCCO1. The summed E-state index contributed by atoms with van der Waals surface area (Å²) in [5, 5.41) is 5.80. The fourth-order valence-corrected chi connectivity index (χ4v) is 2.66. The first-order valence-corrected chi connectivity index (χ1v) is 6.88. The van der Waals surface area contributed by atoms with Crippen molar-refractivity contribution in [2.24, 2.45) is 7.05 Å². The first kappa shape index (κ1) is 12.7. The molecule has 1 aliphatic rings. The number of nitrogens with zero attached hydrogens (tertiary/aromatic N) is 4. The third-order valence-corrected chi connectivity index (χ3v) is 3.73. The Bertz CT molecular complexity index is 598. The molecule has 3 heterocycles. The number of rotatable bonds is 1. The molecule has 0 saturated carbocycles. The maximum atomic E-state index is 6.32. The highest BCUT2D eigenvalue weighted by molar-refractivity contribution is 6.35. The average Bonchev–Trinajstić information content (AvgIpc) is 2.62. The number of hydrogen-bond acceptors (Lipinski definition) is 4. The lowest BCUT2D eigenvalue weighted by Crippen LogP contribution is -2.30. The average molecular weight is 281 g/mol. The number of anilines is 1. The van der Waals surface area contributed by atoms with Crippen LogP contribution in [0.5, 0.6) is 0 Å². The molecule has 19 heavy (non-hydrogen) atoms. The van der Waals surface area contributed by atoms with Crippen LogP contribution in [0.3, 0.4) is 0 Å². The zero-order valence-corrected chi connectivity index (χ0v) is 11.9. The fraction of sp³-hybridized carbons (Fsp3) is 0.538. The van der Waals surface area contributed by atoms with Gasteiger partial charge in [-0.15, -0.1) is 0 Å². The molecule has 0 radical (unpaired) electrons. The molecule has 0 N–H and O–H groups in total. The second-order valence-electron chi connectivity index (χ2n) is 4.95. The highest BCUT2D eigenvalue weighted by atomic mass is 35.5. The number of ether oxygens (including phenoxy) is 1. The van der Waals surface area contributed by atoms with Gasteiger partial charge in [0.15, 0.2) is 5.65 Å². The Balaban J connectivity index is 2.01. The van der Waals surface area contributed by atoms with Crippen molar-refractivity contribution in [3.8, 4) is 0 Å². The number of halogens is 1. The van der Waals surface area contributed by atoms with Crippen LogP contribution in [0.4, 0.5) is 5.82 Å². The highest BCUT2D eigenvalue weighted by Gasteiger charge is 2.18. The van der Waals surface area contributed by atoms with Gasteiger partial charge in [-0.05, 0) is 13.3 Å². The highest BCUT2D eigenvalue weighted by Crippen LogP contribution is 2.27. The van der Waals surface area contributed by atoms with Crippen molar-refractivity contribution in [2.45, 2.75) is 19.4 Å². The molecular weight excluding hydrogens is 264 g/mol. The minimum absolute atomic E-state index is 0.213. The van der Waals surface area contributed by atoms with Gasteiger partial charge in [0.1, 0.15) is 5.82 Å². The lowest BCUT2D eigenvalue weighted by Gasteiger charge is -2.23. The summed E-state index contributed by atoms with van der Waals surface area (Å²) < 4.78 is 7.41. The first-order valence-electron chi connectivity index (χ1n) is 6.50. The molecule has 0 bridgehead atoms. The van der Waals surface area contributed by atoms with Gasteiger partial charge in [0.25, 0.3) is 0 Å². The van der Waals surface area contributed by atoms with Gasteiger partial charge in [-0.2, -0.15) is 5.10 Å². The molecule has 2 aromatic rings. The van der Waals surface area contributed by atoms with E-state index in [0.29, 0.717) is 5.02 Å². The molecule has 1 fully saturated rings. The van der Waals surface area contributed by atoms with Gasteiger partial charge in [0, 0.05) is 32.8 Å². The molecule has 2 aromatic heterocycles. The van der Waals surface area contributed by atoms with Crippen molar-refractivity contribution in [2.75, 3.05) is 24.6 Å². The predicted molar refractivity (Wildman–Crippen MR) is 75.8 cm³/mol. The second kappa shape index (κ2) is 4.98. The van der Waals surface area contributed by atoms with E-state index in [0.717, 1.165) is 43.0 Å². The van der Waals surface area contributed by atoms with E-state index in [1.165, 1.54) is 0 Å². The summed E-state index contributed by atoms with van der Waals surface area (Å²) in [6, 6.07) is 1.92. The Labute approximate surface area is 117 Å². The molecule has 1 saturated heterocycles. The van der Waals surface area contributed by atoms with Crippen molar-refractivity contribution in [1.82, 2.24) is 14.8 Å². The Kier molecular flexibility index (Phi) is 3.33. The summed E-state index contributed by atoms with van der Waals surface area (Å²) in [7, 11) is 1.88. The Hall–Kier alpha value is -1.33. The molecule has 6 heteroatoms. The first-order chi connectivity index (χ1) is 9.15. The lowest BCUT2D eigenvalue weighted by atomic mass is 10.3. The van der Waals surface area contributed by atoms with E-state index < -0.39 is 0 Å².